The van der Waals surface area contributed by atoms with Gasteiger partial charge in [-0.2, -0.15) is 13.2 Å². The molecule has 3 aromatic rings. The number of aromatic amines is 1. The molecule has 0 radical (unpaired) electrons. The first-order valence-corrected chi connectivity index (χ1v) is 6.78. The van der Waals surface area contributed by atoms with Crippen molar-refractivity contribution in [2.45, 2.75) is 6.18 Å². The molecule has 0 aliphatic carbocycles. The summed E-state index contributed by atoms with van der Waals surface area (Å²) in [5, 5.41) is 0.148. The second-order valence-corrected chi connectivity index (χ2v) is 5.01. The maximum absolute atomic E-state index is 13.1. The fourth-order valence-electron chi connectivity index (χ4n) is 2.44. The average molecular weight is 319 g/mol. The second kappa shape index (κ2) is 5.46. The smallest absolute Gasteiger partial charge is 0.420 e. The molecule has 0 unspecified atom stereocenters. The van der Waals surface area contributed by atoms with E-state index in [-0.39, 0.29) is 22.1 Å². The molecule has 1 N–H and O–H groups in total. The van der Waals surface area contributed by atoms with Crippen molar-refractivity contribution in [2.75, 3.05) is 7.11 Å². The summed E-state index contributed by atoms with van der Waals surface area (Å²) in [4.78, 5) is 15.1. The highest BCUT2D eigenvalue weighted by atomic mass is 19.4. The van der Waals surface area contributed by atoms with E-state index in [9.17, 15) is 18.0 Å². The zero-order chi connectivity index (χ0) is 16.6. The summed E-state index contributed by atoms with van der Waals surface area (Å²) >= 11 is 0. The highest BCUT2D eigenvalue weighted by Crippen LogP contribution is 2.38. The van der Waals surface area contributed by atoms with E-state index in [4.69, 9.17) is 4.74 Å². The van der Waals surface area contributed by atoms with Crippen molar-refractivity contribution < 1.29 is 17.9 Å². The first-order valence-electron chi connectivity index (χ1n) is 6.78. The number of alkyl halides is 3. The van der Waals surface area contributed by atoms with Crippen molar-refractivity contribution in [3.05, 3.63) is 64.3 Å². The number of hydrogen-bond acceptors (Lipinski definition) is 2. The van der Waals surface area contributed by atoms with Crippen molar-refractivity contribution in [3.63, 3.8) is 0 Å². The third kappa shape index (κ3) is 2.79. The number of H-pyrrole nitrogens is 1. The Balaban J connectivity index is 2.30. The lowest BCUT2D eigenvalue weighted by molar-refractivity contribution is -0.138. The summed E-state index contributed by atoms with van der Waals surface area (Å²) in [6.07, 6.45) is -4.57. The zero-order valence-corrected chi connectivity index (χ0v) is 12.1. The minimum Gasteiger partial charge on any atom is -0.496 e. The van der Waals surface area contributed by atoms with Gasteiger partial charge in [-0.3, -0.25) is 4.79 Å². The molecule has 1 aromatic heterocycles. The van der Waals surface area contributed by atoms with Crippen LogP contribution in [0.2, 0.25) is 0 Å². The molecule has 3 nitrogen and oxygen atoms in total. The Morgan fingerprint density at radius 2 is 1.74 bits per heavy atom. The fourth-order valence-corrected chi connectivity index (χ4v) is 2.44. The maximum atomic E-state index is 13.1. The molecule has 0 spiro atoms. The maximum Gasteiger partial charge on any atom is 0.420 e. The van der Waals surface area contributed by atoms with Crippen LogP contribution in [0.15, 0.2) is 53.3 Å². The normalized spacial score (nSPS) is 11.7. The predicted octanol–water partition coefficient (Wildman–Crippen LogP) is 4.22. The van der Waals surface area contributed by atoms with Gasteiger partial charge in [0.05, 0.1) is 18.2 Å². The fraction of sp³-hybridized carbons (Fsp3) is 0.118. The van der Waals surface area contributed by atoms with Crippen molar-refractivity contribution >= 4 is 10.9 Å². The van der Waals surface area contributed by atoms with Gasteiger partial charge in [0.15, 0.2) is 5.43 Å². The van der Waals surface area contributed by atoms with E-state index in [0.717, 1.165) is 24.8 Å². The molecule has 0 bridgehead atoms. The van der Waals surface area contributed by atoms with Crippen LogP contribution in [-0.2, 0) is 6.18 Å². The summed E-state index contributed by atoms with van der Waals surface area (Å²) in [6, 6.07) is 12.3. The standard InChI is InChI=1S/C17H12F3NO2/c1-23-16-7-11-14(8-12(16)17(18,19)20)21-13(9-15(11)22)10-5-3-2-4-6-10/h2-9H,1H3,(H,21,22). The third-order valence-electron chi connectivity index (χ3n) is 3.54. The Kier molecular flexibility index (Phi) is 3.60. The minimum absolute atomic E-state index is 0.115. The molecule has 0 aliphatic rings. The number of ether oxygens (including phenoxy) is 1. The molecule has 23 heavy (non-hydrogen) atoms. The first kappa shape index (κ1) is 15.1. The SMILES string of the molecule is COc1cc2c(=O)cc(-c3ccccc3)[nH]c2cc1C(F)(F)F. The second-order valence-electron chi connectivity index (χ2n) is 5.01. The highest BCUT2D eigenvalue weighted by Gasteiger charge is 2.35. The van der Waals surface area contributed by atoms with Gasteiger partial charge in [-0.15, -0.1) is 0 Å². The van der Waals surface area contributed by atoms with Gasteiger partial charge in [0.25, 0.3) is 0 Å². The Bertz CT molecular complexity index is 915. The molecule has 1 heterocycles. The highest BCUT2D eigenvalue weighted by molar-refractivity contribution is 5.84. The van der Waals surface area contributed by atoms with Crippen LogP contribution in [0.4, 0.5) is 13.2 Å². The number of rotatable bonds is 2. The average Bonchev–Trinajstić information content (AvgIpc) is 2.53. The third-order valence-corrected chi connectivity index (χ3v) is 3.54. The molecule has 0 aliphatic heterocycles. The molecule has 0 saturated heterocycles. The number of nitrogens with one attached hydrogen (secondary N) is 1. The van der Waals surface area contributed by atoms with Crippen LogP contribution >= 0.6 is 0 Å². The van der Waals surface area contributed by atoms with Gasteiger partial charge in [-0.1, -0.05) is 30.3 Å². The molecule has 2 aromatic carbocycles. The summed E-state index contributed by atoms with van der Waals surface area (Å²) < 4.78 is 44.1. The number of methoxy groups -OCH3 is 1. The van der Waals surface area contributed by atoms with Gasteiger partial charge < -0.3 is 9.72 Å². The Labute approximate surface area is 129 Å². The van der Waals surface area contributed by atoms with Crippen molar-refractivity contribution in [1.82, 2.24) is 4.98 Å². The molecule has 0 saturated carbocycles. The van der Waals surface area contributed by atoms with E-state index in [2.05, 4.69) is 4.98 Å². The van der Waals surface area contributed by atoms with Crippen molar-refractivity contribution in [3.8, 4) is 17.0 Å². The lowest BCUT2D eigenvalue weighted by Gasteiger charge is -2.13. The van der Waals surface area contributed by atoms with Crippen LogP contribution in [0.25, 0.3) is 22.2 Å². The van der Waals surface area contributed by atoms with Crippen LogP contribution in [0.5, 0.6) is 5.75 Å². The molecule has 6 heteroatoms. The summed E-state index contributed by atoms with van der Waals surface area (Å²) in [7, 11) is 1.14. The van der Waals surface area contributed by atoms with E-state index >= 15 is 0 Å². The van der Waals surface area contributed by atoms with Gasteiger partial charge >= 0.3 is 6.18 Å². The van der Waals surface area contributed by atoms with Crippen LogP contribution < -0.4 is 10.2 Å². The Morgan fingerprint density at radius 1 is 1.04 bits per heavy atom. The summed E-state index contributed by atoms with van der Waals surface area (Å²) in [5.41, 5.74) is -0.000245. The monoisotopic (exact) mass is 319 g/mol. The van der Waals surface area contributed by atoms with E-state index in [1.165, 1.54) is 6.07 Å². The van der Waals surface area contributed by atoms with Crippen molar-refractivity contribution in [2.24, 2.45) is 0 Å². The number of hydrogen-bond donors (Lipinski definition) is 1. The van der Waals surface area contributed by atoms with Crippen LogP contribution in [-0.4, -0.2) is 12.1 Å². The molecular weight excluding hydrogens is 307 g/mol. The van der Waals surface area contributed by atoms with Gasteiger partial charge in [0.2, 0.25) is 0 Å². The lowest BCUT2D eigenvalue weighted by Crippen LogP contribution is -2.10. The number of aromatic nitrogens is 1. The van der Waals surface area contributed by atoms with Gasteiger partial charge in [0, 0.05) is 17.1 Å². The van der Waals surface area contributed by atoms with Gasteiger partial charge in [-0.05, 0) is 17.7 Å². The van der Waals surface area contributed by atoms with Crippen LogP contribution in [0.3, 0.4) is 0 Å². The first-order chi connectivity index (χ1) is 10.9. The molecular formula is C17H12F3NO2. The molecule has 3 rings (SSSR count). The van der Waals surface area contributed by atoms with Crippen LogP contribution in [0.1, 0.15) is 5.56 Å². The Morgan fingerprint density at radius 3 is 2.35 bits per heavy atom. The summed E-state index contributed by atoms with van der Waals surface area (Å²) in [5.74, 6) is -0.372. The Hall–Kier alpha value is -2.76. The predicted molar refractivity (Wildman–Crippen MR) is 81.6 cm³/mol. The van der Waals surface area contributed by atoms with Crippen molar-refractivity contribution in [1.29, 1.82) is 0 Å². The van der Waals surface area contributed by atoms with E-state index in [0.29, 0.717) is 5.69 Å². The van der Waals surface area contributed by atoms with Gasteiger partial charge in [0.1, 0.15) is 5.75 Å². The topological polar surface area (TPSA) is 42.1 Å². The number of halogens is 3. The van der Waals surface area contributed by atoms with Gasteiger partial charge in [-0.25, -0.2) is 0 Å². The van der Waals surface area contributed by atoms with Crippen LogP contribution in [0, 0.1) is 0 Å². The quantitative estimate of drug-likeness (QED) is 0.768. The molecule has 0 amide bonds. The van der Waals surface area contributed by atoms with E-state index in [1.807, 2.05) is 6.07 Å². The lowest BCUT2D eigenvalue weighted by atomic mass is 10.1. The molecule has 0 atom stereocenters. The molecule has 0 fully saturated rings. The number of pyridine rings is 1. The molecule has 118 valence electrons. The van der Waals surface area contributed by atoms with E-state index < -0.39 is 11.7 Å². The summed E-state index contributed by atoms with van der Waals surface area (Å²) in [6.45, 7) is 0. The minimum atomic E-state index is -4.57. The zero-order valence-electron chi connectivity index (χ0n) is 12.1. The largest absolute Gasteiger partial charge is 0.496 e. The number of fused-ring (bicyclic) bond motifs is 1. The van der Waals surface area contributed by atoms with E-state index in [1.54, 1.807) is 24.3 Å². The number of benzene rings is 2.